The van der Waals surface area contributed by atoms with Gasteiger partial charge >= 0.3 is 12.2 Å². The van der Waals surface area contributed by atoms with Gasteiger partial charge in [0.1, 0.15) is 5.82 Å². The van der Waals surface area contributed by atoms with Crippen molar-refractivity contribution in [3.05, 3.63) is 53.7 Å². The Morgan fingerprint density at radius 1 is 1.07 bits per heavy atom. The Labute approximate surface area is 162 Å². The number of anilines is 2. The zero-order chi connectivity index (χ0) is 20.0. The fourth-order valence-electron chi connectivity index (χ4n) is 3.17. The van der Waals surface area contributed by atoms with Crippen molar-refractivity contribution < 1.29 is 18.0 Å². The van der Waals surface area contributed by atoms with E-state index in [-0.39, 0.29) is 12.2 Å². The van der Waals surface area contributed by atoms with Crippen LogP contribution in [0.1, 0.15) is 36.8 Å². The Morgan fingerprint density at radius 2 is 1.82 bits per heavy atom. The van der Waals surface area contributed by atoms with Crippen LogP contribution in [0.25, 0.3) is 0 Å². The molecule has 2 amide bonds. The zero-order valence-corrected chi connectivity index (χ0v) is 15.4. The average Bonchev–Trinajstić information content (AvgIpc) is 2.96. The third kappa shape index (κ3) is 5.61. The van der Waals surface area contributed by atoms with E-state index in [2.05, 4.69) is 20.5 Å². The number of urea groups is 1. The van der Waals surface area contributed by atoms with Crippen LogP contribution in [0.4, 0.5) is 29.5 Å². The molecule has 0 radical (unpaired) electrons. The van der Waals surface area contributed by atoms with Crippen LogP contribution >= 0.6 is 0 Å². The number of alkyl halides is 3. The Balaban J connectivity index is 1.57. The summed E-state index contributed by atoms with van der Waals surface area (Å²) in [6.45, 7) is 2.20. The molecule has 0 spiro atoms. The van der Waals surface area contributed by atoms with Crippen LogP contribution in [0, 0.1) is 0 Å². The Kier molecular flexibility index (Phi) is 6.38. The third-order valence-corrected chi connectivity index (χ3v) is 4.64. The second kappa shape index (κ2) is 8.95. The van der Waals surface area contributed by atoms with E-state index in [4.69, 9.17) is 0 Å². The number of benzene rings is 1. The molecule has 1 aliphatic heterocycles. The molecule has 1 fully saturated rings. The second-order valence-corrected chi connectivity index (χ2v) is 6.81. The highest BCUT2D eigenvalue weighted by atomic mass is 19.4. The van der Waals surface area contributed by atoms with Gasteiger partial charge in [-0.15, -0.1) is 0 Å². The summed E-state index contributed by atoms with van der Waals surface area (Å²) in [5.74, 6) is 0.888. The summed E-state index contributed by atoms with van der Waals surface area (Å²) in [6, 6.07) is 7.73. The molecular formula is C20H23F3N4O. The number of aromatic nitrogens is 1. The molecule has 1 aliphatic rings. The van der Waals surface area contributed by atoms with Crippen LogP contribution in [-0.4, -0.2) is 24.1 Å². The van der Waals surface area contributed by atoms with Crippen molar-refractivity contribution in [2.45, 2.75) is 38.4 Å². The molecule has 0 unspecified atom stereocenters. The summed E-state index contributed by atoms with van der Waals surface area (Å²) in [7, 11) is 0. The molecule has 150 valence electrons. The summed E-state index contributed by atoms with van der Waals surface area (Å²) in [5.41, 5.74) is 0.169. The fourth-order valence-corrected chi connectivity index (χ4v) is 3.17. The molecule has 1 saturated heterocycles. The SMILES string of the molecule is O=C(NCc1ccnc(N2CCCCCC2)c1)Nc1cccc(C(F)(F)F)c1. The maximum Gasteiger partial charge on any atom is 0.416 e. The van der Waals surface area contributed by atoms with Gasteiger partial charge in [-0.1, -0.05) is 18.9 Å². The summed E-state index contributed by atoms with van der Waals surface area (Å²) in [4.78, 5) is 18.7. The molecule has 2 heterocycles. The van der Waals surface area contributed by atoms with Crippen molar-refractivity contribution in [1.29, 1.82) is 0 Å². The van der Waals surface area contributed by atoms with E-state index in [0.29, 0.717) is 0 Å². The maximum absolute atomic E-state index is 12.8. The minimum absolute atomic E-state index is 0.0901. The molecule has 0 bridgehead atoms. The lowest BCUT2D eigenvalue weighted by molar-refractivity contribution is -0.137. The first-order chi connectivity index (χ1) is 13.4. The Hall–Kier alpha value is -2.77. The van der Waals surface area contributed by atoms with Gasteiger partial charge in [-0.25, -0.2) is 9.78 Å². The van der Waals surface area contributed by atoms with Gasteiger partial charge in [0.25, 0.3) is 0 Å². The molecule has 1 aromatic carbocycles. The van der Waals surface area contributed by atoms with Crippen LogP contribution in [0.2, 0.25) is 0 Å². The number of halogens is 3. The van der Waals surface area contributed by atoms with Gasteiger partial charge in [0.2, 0.25) is 0 Å². The van der Waals surface area contributed by atoms with E-state index < -0.39 is 17.8 Å². The van der Waals surface area contributed by atoms with Crippen molar-refractivity contribution in [2.75, 3.05) is 23.3 Å². The van der Waals surface area contributed by atoms with E-state index in [1.165, 1.54) is 25.0 Å². The molecular weight excluding hydrogens is 369 g/mol. The van der Waals surface area contributed by atoms with Crippen LogP contribution < -0.4 is 15.5 Å². The molecule has 28 heavy (non-hydrogen) atoms. The summed E-state index contributed by atoms with van der Waals surface area (Å²) < 4.78 is 38.3. The lowest BCUT2D eigenvalue weighted by Gasteiger charge is -2.21. The molecule has 2 N–H and O–H groups in total. The number of pyridine rings is 1. The average molecular weight is 392 g/mol. The predicted molar refractivity (Wildman–Crippen MR) is 102 cm³/mol. The molecule has 0 saturated carbocycles. The highest BCUT2D eigenvalue weighted by Gasteiger charge is 2.30. The highest BCUT2D eigenvalue weighted by Crippen LogP contribution is 2.30. The first kappa shape index (κ1) is 20.0. The van der Waals surface area contributed by atoms with E-state index in [1.54, 1.807) is 6.20 Å². The monoisotopic (exact) mass is 392 g/mol. The molecule has 8 heteroatoms. The van der Waals surface area contributed by atoms with Crippen molar-refractivity contribution in [2.24, 2.45) is 0 Å². The number of rotatable bonds is 4. The van der Waals surface area contributed by atoms with Crippen LogP contribution in [0.15, 0.2) is 42.6 Å². The van der Waals surface area contributed by atoms with Gasteiger partial charge in [-0.05, 0) is 48.7 Å². The number of nitrogens with zero attached hydrogens (tertiary/aromatic N) is 2. The molecule has 0 aliphatic carbocycles. The van der Waals surface area contributed by atoms with Gasteiger partial charge in [0.05, 0.1) is 5.56 Å². The van der Waals surface area contributed by atoms with Crippen molar-refractivity contribution in [3.63, 3.8) is 0 Å². The minimum Gasteiger partial charge on any atom is -0.357 e. The number of hydrogen-bond donors (Lipinski definition) is 2. The predicted octanol–water partition coefficient (Wildman–Crippen LogP) is 4.80. The van der Waals surface area contributed by atoms with Crippen LogP contribution in [-0.2, 0) is 12.7 Å². The lowest BCUT2D eigenvalue weighted by atomic mass is 10.2. The number of carbonyl (C=O) groups excluding carboxylic acids is 1. The largest absolute Gasteiger partial charge is 0.416 e. The zero-order valence-electron chi connectivity index (χ0n) is 15.4. The highest BCUT2D eigenvalue weighted by molar-refractivity contribution is 5.89. The molecule has 0 atom stereocenters. The van der Waals surface area contributed by atoms with Gasteiger partial charge in [-0.2, -0.15) is 13.2 Å². The third-order valence-electron chi connectivity index (χ3n) is 4.64. The molecule has 5 nitrogen and oxygen atoms in total. The van der Waals surface area contributed by atoms with Crippen LogP contribution in [0.3, 0.4) is 0 Å². The first-order valence-corrected chi connectivity index (χ1v) is 9.34. The molecule has 2 aromatic rings. The van der Waals surface area contributed by atoms with Crippen molar-refractivity contribution >= 4 is 17.5 Å². The Morgan fingerprint density at radius 3 is 2.54 bits per heavy atom. The van der Waals surface area contributed by atoms with Gasteiger partial charge in [-0.3, -0.25) is 0 Å². The smallest absolute Gasteiger partial charge is 0.357 e. The van der Waals surface area contributed by atoms with Crippen molar-refractivity contribution in [1.82, 2.24) is 10.3 Å². The van der Waals surface area contributed by atoms with Gasteiger partial charge in [0, 0.05) is 31.5 Å². The topological polar surface area (TPSA) is 57.3 Å². The second-order valence-electron chi connectivity index (χ2n) is 6.81. The number of amides is 2. The minimum atomic E-state index is -4.45. The Bertz CT molecular complexity index is 802. The number of hydrogen-bond acceptors (Lipinski definition) is 3. The van der Waals surface area contributed by atoms with E-state index in [1.807, 2.05) is 12.1 Å². The van der Waals surface area contributed by atoms with Gasteiger partial charge in [0.15, 0.2) is 0 Å². The first-order valence-electron chi connectivity index (χ1n) is 9.34. The lowest BCUT2D eigenvalue weighted by Crippen LogP contribution is -2.29. The summed E-state index contributed by atoms with van der Waals surface area (Å²) in [5, 5.41) is 5.11. The van der Waals surface area contributed by atoms with Crippen molar-refractivity contribution in [3.8, 4) is 0 Å². The van der Waals surface area contributed by atoms with E-state index in [0.717, 1.165) is 49.4 Å². The quantitative estimate of drug-likeness (QED) is 0.786. The maximum atomic E-state index is 12.8. The normalized spacial score (nSPS) is 15.0. The fraction of sp³-hybridized carbons (Fsp3) is 0.400. The van der Waals surface area contributed by atoms with E-state index >= 15 is 0 Å². The standard InChI is InChI=1S/C20H23F3N4O/c21-20(22,23)16-6-5-7-17(13-16)26-19(28)25-14-15-8-9-24-18(12-15)27-10-3-1-2-4-11-27/h5-9,12-13H,1-4,10-11,14H2,(H2,25,26,28). The van der Waals surface area contributed by atoms with Gasteiger partial charge < -0.3 is 15.5 Å². The molecule has 1 aromatic heterocycles. The van der Waals surface area contributed by atoms with E-state index in [9.17, 15) is 18.0 Å². The number of carbonyl (C=O) groups is 1. The summed E-state index contributed by atoms with van der Waals surface area (Å²) >= 11 is 0. The molecule has 3 rings (SSSR count). The van der Waals surface area contributed by atoms with Crippen LogP contribution in [0.5, 0.6) is 0 Å². The summed E-state index contributed by atoms with van der Waals surface area (Å²) in [6.07, 6.45) is 2.00. The number of nitrogens with one attached hydrogen (secondary N) is 2.